The number of hydrogen-bond acceptors (Lipinski definition) is 21. The molecule has 0 radical (unpaired) electrons. The summed E-state index contributed by atoms with van der Waals surface area (Å²) in [6, 6.07) is -4.59. The molecule has 24 nitrogen and oxygen atoms in total. The Hall–Kier alpha value is -2.31. The van der Waals surface area contributed by atoms with Crippen molar-refractivity contribution in [3.05, 3.63) is 0 Å². The molecule has 4 aliphatic rings. The van der Waals surface area contributed by atoms with Gasteiger partial charge < -0.3 is 105 Å². The lowest BCUT2D eigenvalue weighted by molar-refractivity contribution is -0.374. The van der Waals surface area contributed by atoms with Gasteiger partial charge in [-0.2, -0.15) is 0 Å². The van der Waals surface area contributed by atoms with E-state index < -0.39 is 167 Å². The number of carbonyl (C=O) groups is 3. The Bertz CT molecular complexity index is 1250. The molecule has 4 fully saturated rings. The van der Waals surface area contributed by atoms with Crippen LogP contribution in [0, 0.1) is 0 Å². The zero-order chi connectivity index (χ0) is 40.2. The van der Waals surface area contributed by atoms with Crippen LogP contribution < -0.4 is 16.0 Å². The summed E-state index contributed by atoms with van der Waals surface area (Å²) in [5.74, 6) is -2.12. The first-order valence-corrected chi connectivity index (χ1v) is 17.1. The Labute approximate surface area is 307 Å². The van der Waals surface area contributed by atoms with E-state index in [0.717, 1.165) is 20.8 Å². The van der Waals surface area contributed by atoms with E-state index in [1.807, 2.05) is 0 Å². The molecule has 54 heavy (non-hydrogen) atoms. The molecule has 0 spiro atoms. The van der Waals surface area contributed by atoms with Crippen molar-refractivity contribution < 1.29 is 104 Å². The standard InChI is InChI=1S/C30H51N3O21/c1-8(38)31-15-21(44)24(13(6-36)48-27(15)47)53-30-23(46)26(19(42)12(5-35)50-30)54-29-17(33-10(3)40)22(45)25(14(7-37)51-29)52-28-16(32-9(2)39)20(43)18(41)11(4-34)49-28/h11-30,34-37,41-47H,4-7H2,1-3H3,(H,31,38)(H,32,39)(H,33,40)/t11-,12-,13-,14-,15-,16-,17-,18+,19+,20-,21-,22-,23-,24-,25-,26+,27?,28+,29+,30+/m1/s1. The summed E-state index contributed by atoms with van der Waals surface area (Å²) in [4.78, 5) is 35.9. The van der Waals surface area contributed by atoms with Gasteiger partial charge in [0, 0.05) is 20.8 Å². The van der Waals surface area contributed by atoms with Crippen LogP contribution in [0.1, 0.15) is 20.8 Å². The minimum atomic E-state index is -2.04. The van der Waals surface area contributed by atoms with Crippen molar-refractivity contribution in [2.45, 2.75) is 143 Å². The molecule has 4 saturated heterocycles. The third-order valence-electron chi connectivity index (χ3n) is 9.41. The molecule has 0 aliphatic carbocycles. The Balaban J connectivity index is 1.59. The van der Waals surface area contributed by atoms with Gasteiger partial charge >= 0.3 is 0 Å². The van der Waals surface area contributed by atoms with Crippen LogP contribution in [0.15, 0.2) is 0 Å². The molecule has 0 bridgehead atoms. The van der Waals surface area contributed by atoms with Crippen LogP contribution in [-0.2, 0) is 47.5 Å². The van der Waals surface area contributed by atoms with E-state index in [1.165, 1.54) is 0 Å². The second-order valence-corrected chi connectivity index (χ2v) is 13.3. The van der Waals surface area contributed by atoms with Gasteiger partial charge in [0.1, 0.15) is 97.5 Å². The highest BCUT2D eigenvalue weighted by Crippen LogP contribution is 2.34. The van der Waals surface area contributed by atoms with Crippen molar-refractivity contribution in [1.82, 2.24) is 16.0 Å². The van der Waals surface area contributed by atoms with Gasteiger partial charge in [-0.3, -0.25) is 14.4 Å². The molecule has 0 aromatic carbocycles. The third kappa shape index (κ3) is 9.79. The average Bonchev–Trinajstić information content (AvgIpc) is 3.11. The number of ether oxygens (including phenoxy) is 7. The monoisotopic (exact) mass is 789 g/mol. The maximum Gasteiger partial charge on any atom is 0.217 e. The van der Waals surface area contributed by atoms with Crippen molar-refractivity contribution in [3.8, 4) is 0 Å². The third-order valence-corrected chi connectivity index (χ3v) is 9.41. The van der Waals surface area contributed by atoms with E-state index in [9.17, 15) is 70.6 Å². The highest BCUT2D eigenvalue weighted by Gasteiger charge is 2.56. The topological polar surface area (TPSA) is 374 Å². The van der Waals surface area contributed by atoms with Gasteiger partial charge in [-0.1, -0.05) is 0 Å². The van der Waals surface area contributed by atoms with E-state index in [2.05, 4.69) is 16.0 Å². The van der Waals surface area contributed by atoms with Crippen LogP contribution in [0.4, 0.5) is 0 Å². The van der Waals surface area contributed by atoms with E-state index in [4.69, 9.17) is 33.2 Å². The Morgan fingerprint density at radius 3 is 1.31 bits per heavy atom. The van der Waals surface area contributed by atoms with Crippen LogP contribution in [0.5, 0.6) is 0 Å². The number of aliphatic hydroxyl groups is 11. The van der Waals surface area contributed by atoms with Crippen LogP contribution in [-0.4, -0.2) is 223 Å². The fourth-order valence-electron chi connectivity index (χ4n) is 6.76. The minimum absolute atomic E-state index is 0.671. The summed E-state index contributed by atoms with van der Waals surface area (Å²) in [5.41, 5.74) is 0. The van der Waals surface area contributed by atoms with Gasteiger partial charge in [-0.05, 0) is 0 Å². The van der Waals surface area contributed by atoms with Crippen LogP contribution in [0.2, 0.25) is 0 Å². The van der Waals surface area contributed by atoms with E-state index >= 15 is 0 Å². The summed E-state index contributed by atoms with van der Waals surface area (Å²) < 4.78 is 39.8. The zero-order valence-electron chi connectivity index (χ0n) is 29.4. The minimum Gasteiger partial charge on any atom is -0.394 e. The lowest BCUT2D eigenvalue weighted by Gasteiger charge is -2.50. The maximum absolute atomic E-state index is 12.3. The van der Waals surface area contributed by atoms with Gasteiger partial charge in [0.05, 0.1) is 26.4 Å². The molecule has 1 unspecified atom stereocenters. The fourth-order valence-corrected chi connectivity index (χ4v) is 6.76. The van der Waals surface area contributed by atoms with Crippen LogP contribution >= 0.6 is 0 Å². The molecule has 0 aromatic rings. The second kappa shape index (κ2) is 19.2. The molecule has 20 atom stereocenters. The van der Waals surface area contributed by atoms with E-state index in [0.29, 0.717) is 0 Å². The molecule has 4 aliphatic heterocycles. The van der Waals surface area contributed by atoms with Crippen molar-refractivity contribution in [3.63, 3.8) is 0 Å². The predicted molar refractivity (Wildman–Crippen MR) is 169 cm³/mol. The zero-order valence-corrected chi connectivity index (χ0v) is 29.4. The summed E-state index contributed by atoms with van der Waals surface area (Å²) in [7, 11) is 0. The molecular weight excluding hydrogens is 738 g/mol. The average molecular weight is 790 g/mol. The van der Waals surface area contributed by atoms with Crippen LogP contribution in [0.25, 0.3) is 0 Å². The molecule has 4 rings (SSSR count). The number of nitrogens with one attached hydrogen (secondary N) is 3. The summed E-state index contributed by atoms with van der Waals surface area (Å²) >= 11 is 0. The van der Waals surface area contributed by atoms with Gasteiger partial charge in [-0.15, -0.1) is 0 Å². The quantitative estimate of drug-likeness (QED) is 0.0823. The summed E-state index contributed by atoms with van der Waals surface area (Å²) in [5, 5.41) is 123. The molecule has 0 aromatic heterocycles. The highest BCUT2D eigenvalue weighted by atomic mass is 16.8. The number of rotatable bonds is 13. The second-order valence-electron chi connectivity index (χ2n) is 13.3. The smallest absolute Gasteiger partial charge is 0.217 e. The Morgan fingerprint density at radius 2 is 0.815 bits per heavy atom. The molecule has 14 N–H and O–H groups in total. The summed E-state index contributed by atoms with van der Waals surface area (Å²) in [6.45, 7) is -0.218. The number of amides is 3. The summed E-state index contributed by atoms with van der Waals surface area (Å²) in [6.07, 6.45) is -29.4. The molecule has 24 heteroatoms. The predicted octanol–water partition coefficient (Wildman–Crippen LogP) is -9.32. The molecule has 0 saturated carbocycles. The van der Waals surface area contributed by atoms with Gasteiger partial charge in [-0.25, -0.2) is 0 Å². The van der Waals surface area contributed by atoms with Gasteiger partial charge in [0.2, 0.25) is 17.7 Å². The van der Waals surface area contributed by atoms with E-state index in [1.54, 1.807) is 0 Å². The van der Waals surface area contributed by atoms with Gasteiger partial charge in [0.25, 0.3) is 0 Å². The first-order valence-electron chi connectivity index (χ1n) is 17.1. The van der Waals surface area contributed by atoms with Gasteiger partial charge in [0.15, 0.2) is 25.2 Å². The molecule has 312 valence electrons. The lowest BCUT2D eigenvalue weighted by atomic mass is 9.93. The number of aliphatic hydroxyl groups excluding tert-OH is 11. The van der Waals surface area contributed by atoms with Crippen molar-refractivity contribution in [2.24, 2.45) is 0 Å². The van der Waals surface area contributed by atoms with Crippen molar-refractivity contribution in [2.75, 3.05) is 26.4 Å². The number of hydrogen-bond donors (Lipinski definition) is 14. The first kappa shape index (κ1) is 44.4. The number of carbonyl (C=O) groups excluding carboxylic acids is 3. The molecular formula is C30H51N3O21. The molecule has 4 heterocycles. The fraction of sp³-hybridized carbons (Fsp3) is 0.900. The molecule has 3 amide bonds. The van der Waals surface area contributed by atoms with Crippen molar-refractivity contribution >= 4 is 17.7 Å². The van der Waals surface area contributed by atoms with Crippen molar-refractivity contribution in [1.29, 1.82) is 0 Å². The normalized spacial score (nSPS) is 45.7. The Morgan fingerprint density at radius 1 is 0.444 bits per heavy atom. The van der Waals surface area contributed by atoms with Crippen LogP contribution in [0.3, 0.4) is 0 Å². The largest absolute Gasteiger partial charge is 0.394 e. The van der Waals surface area contributed by atoms with E-state index in [-0.39, 0.29) is 0 Å². The maximum atomic E-state index is 12.3. The SMILES string of the molecule is CC(=O)N[C@H]1[C@H](O[C@H]2[C@@H](O)[C@@H](CO)O[C@@H](O[C@H]3[C@H](O)[C@@H](NC(C)=O)C(O)O[C@@H]3CO)[C@@H]2O)O[C@H](CO)[C@@H](O[C@@H]2O[C@H](CO)[C@H](O)[C@H](O)[C@H]2NC(C)=O)[C@@H]1O. The first-order chi connectivity index (χ1) is 25.5. The lowest BCUT2D eigenvalue weighted by Crippen LogP contribution is -2.70. The Kier molecular flexibility index (Phi) is 15.8. The highest BCUT2D eigenvalue weighted by molar-refractivity contribution is 5.74.